The number of ketones is 1. The van der Waals surface area contributed by atoms with E-state index in [1.54, 1.807) is 0 Å². The maximum Gasteiger partial charge on any atom is 0.211 e. The molecule has 0 fully saturated rings. The highest BCUT2D eigenvalue weighted by Gasteiger charge is 2.26. The number of fused-ring (bicyclic) bond motifs is 1. The molecule has 2 rings (SSSR count). The highest BCUT2D eigenvalue weighted by Crippen LogP contribution is 2.24. The molecule has 0 heterocycles. The summed E-state index contributed by atoms with van der Waals surface area (Å²) in [6.45, 7) is 0. The van der Waals surface area contributed by atoms with Crippen LogP contribution in [0.5, 0.6) is 5.75 Å². The van der Waals surface area contributed by atoms with Crippen LogP contribution in [0.2, 0.25) is 0 Å². The van der Waals surface area contributed by atoms with Gasteiger partial charge in [0.1, 0.15) is 11.5 Å². The Hall–Kier alpha value is -1.84. The van der Waals surface area contributed by atoms with E-state index < -0.39 is 0 Å². The zero-order valence-electron chi connectivity index (χ0n) is 6.69. The van der Waals surface area contributed by atoms with Crippen molar-refractivity contribution in [3.05, 3.63) is 29.3 Å². The number of rotatable bonds is 0. The molecule has 0 unspecified atom stereocenters. The van der Waals surface area contributed by atoms with Gasteiger partial charge in [-0.2, -0.15) is 0 Å². The molecule has 1 aromatic carbocycles. The second kappa shape index (κ2) is 2.58. The number of nitrogens with zero attached hydrogens (tertiary/aromatic N) is 1. The van der Waals surface area contributed by atoms with Gasteiger partial charge in [0.25, 0.3) is 0 Å². The summed E-state index contributed by atoms with van der Waals surface area (Å²) < 4.78 is 0. The van der Waals surface area contributed by atoms with Crippen LogP contribution in [0.15, 0.2) is 23.4 Å². The van der Waals surface area contributed by atoms with Crippen molar-refractivity contribution in [3.8, 4) is 5.75 Å². The molecular weight excluding hydrogens is 170 g/mol. The number of aromatic hydroxyl groups is 1. The van der Waals surface area contributed by atoms with E-state index in [0.717, 1.165) is 0 Å². The lowest BCUT2D eigenvalue weighted by Gasteiger charge is -1.95. The predicted octanol–water partition coefficient (Wildman–Crippen LogP) is 0.961. The number of phenolic OH excluding ortho intramolecular Hbond substituents is 1. The van der Waals surface area contributed by atoms with Crippen molar-refractivity contribution in [2.24, 2.45) is 5.16 Å². The lowest BCUT2D eigenvalue weighted by Crippen LogP contribution is -2.06. The molecule has 13 heavy (non-hydrogen) atoms. The van der Waals surface area contributed by atoms with E-state index in [2.05, 4.69) is 5.16 Å². The molecule has 4 heteroatoms. The molecule has 2 N–H and O–H groups in total. The van der Waals surface area contributed by atoms with Crippen LogP contribution in [0.1, 0.15) is 15.9 Å². The summed E-state index contributed by atoms with van der Waals surface area (Å²) in [5.41, 5.74) is 1.34. The third kappa shape index (κ3) is 1.07. The molecule has 0 aromatic heterocycles. The van der Waals surface area contributed by atoms with E-state index >= 15 is 0 Å². The Morgan fingerprint density at radius 3 is 2.85 bits per heavy atom. The van der Waals surface area contributed by atoms with Gasteiger partial charge >= 0.3 is 0 Å². The SMILES string of the molecule is O=C1/C(=N\O)Cc2cc(O)ccc21. The summed E-state index contributed by atoms with van der Waals surface area (Å²) in [5, 5.41) is 20.5. The number of phenols is 1. The largest absolute Gasteiger partial charge is 0.508 e. The van der Waals surface area contributed by atoms with Crippen molar-refractivity contribution in [3.63, 3.8) is 0 Å². The monoisotopic (exact) mass is 177 g/mol. The van der Waals surface area contributed by atoms with Gasteiger partial charge in [-0.3, -0.25) is 4.79 Å². The topological polar surface area (TPSA) is 69.9 Å². The summed E-state index contributed by atoms with van der Waals surface area (Å²) in [6, 6.07) is 4.48. The number of Topliss-reactive ketones (excluding diaryl/α,β-unsaturated/α-hetero) is 1. The van der Waals surface area contributed by atoms with Crippen LogP contribution in [0.25, 0.3) is 0 Å². The van der Waals surface area contributed by atoms with Crippen molar-refractivity contribution >= 4 is 11.5 Å². The molecule has 0 spiro atoms. The third-order valence-electron chi connectivity index (χ3n) is 2.07. The van der Waals surface area contributed by atoms with E-state index in [1.807, 2.05) is 0 Å². The standard InChI is InChI=1S/C9H7NO3/c11-6-1-2-7-5(3-6)4-8(10-13)9(7)12/h1-3,11,13H,4H2/b10-8-. The van der Waals surface area contributed by atoms with Crippen LogP contribution in [0.4, 0.5) is 0 Å². The van der Waals surface area contributed by atoms with Gasteiger partial charge in [0.2, 0.25) is 5.78 Å². The highest BCUT2D eigenvalue weighted by atomic mass is 16.4. The first-order chi connectivity index (χ1) is 6.22. The maximum absolute atomic E-state index is 11.4. The van der Waals surface area contributed by atoms with Gasteiger partial charge in [0.15, 0.2) is 0 Å². The molecule has 66 valence electrons. The predicted molar refractivity (Wildman–Crippen MR) is 45.4 cm³/mol. The number of hydrogen-bond donors (Lipinski definition) is 2. The summed E-state index contributed by atoms with van der Waals surface area (Å²) in [7, 11) is 0. The zero-order valence-corrected chi connectivity index (χ0v) is 6.69. The Labute approximate surface area is 74.1 Å². The van der Waals surface area contributed by atoms with Crippen molar-refractivity contribution in [1.29, 1.82) is 0 Å². The molecular formula is C9H7NO3. The molecule has 4 nitrogen and oxygen atoms in total. The van der Waals surface area contributed by atoms with Crippen LogP contribution in [-0.4, -0.2) is 21.8 Å². The summed E-state index contributed by atoms with van der Waals surface area (Å²) >= 11 is 0. The van der Waals surface area contributed by atoms with Gasteiger partial charge in [0.05, 0.1) is 0 Å². The van der Waals surface area contributed by atoms with Crippen molar-refractivity contribution in [2.45, 2.75) is 6.42 Å². The summed E-state index contributed by atoms with van der Waals surface area (Å²) in [4.78, 5) is 11.4. The minimum atomic E-state index is -0.266. The van der Waals surface area contributed by atoms with Gasteiger partial charge < -0.3 is 10.3 Å². The Balaban J connectivity index is 2.56. The molecule has 0 radical (unpaired) electrons. The molecule has 0 saturated carbocycles. The van der Waals surface area contributed by atoms with Crippen molar-refractivity contribution in [1.82, 2.24) is 0 Å². The average molecular weight is 177 g/mol. The molecule has 0 aliphatic heterocycles. The molecule has 0 bridgehead atoms. The summed E-state index contributed by atoms with van der Waals surface area (Å²) in [6.07, 6.45) is 0.291. The van der Waals surface area contributed by atoms with E-state index in [0.29, 0.717) is 17.5 Å². The lowest BCUT2D eigenvalue weighted by atomic mass is 10.1. The second-order valence-corrected chi connectivity index (χ2v) is 2.89. The minimum absolute atomic E-state index is 0.116. The van der Waals surface area contributed by atoms with Crippen LogP contribution in [0, 0.1) is 0 Å². The Morgan fingerprint density at radius 1 is 1.38 bits per heavy atom. The van der Waals surface area contributed by atoms with E-state index in [9.17, 15) is 4.79 Å². The minimum Gasteiger partial charge on any atom is -0.508 e. The molecule has 0 amide bonds. The fourth-order valence-corrected chi connectivity index (χ4v) is 1.44. The van der Waals surface area contributed by atoms with Crippen molar-refractivity contribution < 1.29 is 15.1 Å². The van der Waals surface area contributed by atoms with E-state index in [1.165, 1.54) is 18.2 Å². The second-order valence-electron chi connectivity index (χ2n) is 2.89. The fraction of sp³-hybridized carbons (Fsp3) is 0.111. The quantitative estimate of drug-likeness (QED) is 0.458. The van der Waals surface area contributed by atoms with Crippen LogP contribution in [-0.2, 0) is 6.42 Å². The van der Waals surface area contributed by atoms with Gasteiger partial charge in [0, 0.05) is 12.0 Å². The lowest BCUT2D eigenvalue weighted by molar-refractivity contribution is 0.106. The normalized spacial score (nSPS) is 17.8. The Morgan fingerprint density at radius 2 is 2.15 bits per heavy atom. The first kappa shape index (κ1) is 7.79. The number of carbonyl (C=O) groups is 1. The van der Waals surface area contributed by atoms with Gasteiger partial charge in [-0.25, -0.2) is 0 Å². The van der Waals surface area contributed by atoms with Crippen molar-refractivity contribution in [2.75, 3.05) is 0 Å². The highest BCUT2D eigenvalue weighted by molar-refractivity contribution is 6.49. The fourth-order valence-electron chi connectivity index (χ4n) is 1.44. The van der Waals surface area contributed by atoms with Crippen LogP contribution in [0.3, 0.4) is 0 Å². The van der Waals surface area contributed by atoms with Crippen LogP contribution < -0.4 is 0 Å². The van der Waals surface area contributed by atoms with E-state index in [4.69, 9.17) is 10.3 Å². The first-order valence-electron chi connectivity index (χ1n) is 3.80. The maximum atomic E-state index is 11.4. The number of hydrogen-bond acceptors (Lipinski definition) is 4. The Kier molecular flexibility index (Phi) is 1.55. The smallest absolute Gasteiger partial charge is 0.211 e. The molecule has 1 aliphatic carbocycles. The molecule has 0 saturated heterocycles. The van der Waals surface area contributed by atoms with Gasteiger partial charge in [-0.1, -0.05) is 5.16 Å². The number of benzene rings is 1. The zero-order chi connectivity index (χ0) is 9.42. The van der Waals surface area contributed by atoms with Crippen LogP contribution >= 0.6 is 0 Å². The molecule has 1 aromatic rings. The third-order valence-corrected chi connectivity index (χ3v) is 2.07. The molecule has 0 atom stereocenters. The molecule has 1 aliphatic rings. The summed E-state index contributed by atoms with van der Waals surface area (Å²) in [5.74, 6) is -0.150. The van der Waals surface area contributed by atoms with Gasteiger partial charge in [-0.05, 0) is 23.8 Å². The first-order valence-corrected chi connectivity index (χ1v) is 3.80. The number of carbonyl (C=O) groups excluding carboxylic acids is 1. The van der Waals surface area contributed by atoms with E-state index in [-0.39, 0.29) is 17.2 Å². The average Bonchev–Trinajstić information content (AvgIpc) is 2.42. The Bertz CT molecular complexity index is 409. The number of oxime groups is 1. The van der Waals surface area contributed by atoms with Gasteiger partial charge in [-0.15, -0.1) is 0 Å².